The van der Waals surface area contributed by atoms with Gasteiger partial charge in [0, 0.05) is 18.1 Å². The van der Waals surface area contributed by atoms with Gasteiger partial charge in [-0.1, -0.05) is 37.2 Å². The van der Waals surface area contributed by atoms with Gasteiger partial charge in [0.1, 0.15) is 0 Å². The van der Waals surface area contributed by atoms with E-state index >= 15 is 0 Å². The molecule has 2 rings (SSSR count). The van der Waals surface area contributed by atoms with E-state index in [0.717, 1.165) is 5.56 Å². The Morgan fingerprint density at radius 2 is 2.16 bits per heavy atom. The molecule has 0 amide bonds. The van der Waals surface area contributed by atoms with Gasteiger partial charge in [-0.3, -0.25) is 0 Å². The minimum atomic E-state index is -0.0643. The number of methoxy groups -OCH3 is 1. The lowest BCUT2D eigenvalue weighted by Gasteiger charge is -2.24. The van der Waals surface area contributed by atoms with Crippen LogP contribution in [0.25, 0.3) is 11.4 Å². The summed E-state index contributed by atoms with van der Waals surface area (Å²) in [5.74, 6) is 1.01. The lowest BCUT2D eigenvalue weighted by Crippen LogP contribution is -2.23. The first kappa shape index (κ1) is 13.7. The van der Waals surface area contributed by atoms with Crippen LogP contribution in [0.2, 0.25) is 0 Å². The summed E-state index contributed by atoms with van der Waals surface area (Å²) in [5.41, 5.74) is 7.50. The first-order chi connectivity index (χ1) is 9.06. The van der Waals surface area contributed by atoms with E-state index in [0.29, 0.717) is 18.3 Å². The highest BCUT2D eigenvalue weighted by molar-refractivity contribution is 5.56. The fourth-order valence-corrected chi connectivity index (χ4v) is 1.98. The van der Waals surface area contributed by atoms with E-state index in [4.69, 9.17) is 15.0 Å². The molecular formula is C14H19N3O2. The average molecular weight is 261 g/mol. The Kier molecular flexibility index (Phi) is 3.97. The minimum absolute atomic E-state index is 0.0643. The lowest BCUT2D eigenvalue weighted by atomic mass is 9.85. The molecule has 0 saturated carbocycles. The summed E-state index contributed by atoms with van der Waals surface area (Å²) in [4.78, 5) is 4.23. The number of rotatable bonds is 5. The first-order valence-corrected chi connectivity index (χ1v) is 6.19. The molecule has 0 atom stereocenters. The number of hydrogen-bond donors (Lipinski definition) is 1. The van der Waals surface area contributed by atoms with Crippen molar-refractivity contribution in [2.24, 2.45) is 5.73 Å². The van der Waals surface area contributed by atoms with Crippen LogP contribution in [-0.2, 0) is 16.7 Å². The van der Waals surface area contributed by atoms with E-state index in [9.17, 15) is 0 Å². The summed E-state index contributed by atoms with van der Waals surface area (Å²) in [6.07, 6.45) is 0. The molecular weight excluding hydrogens is 242 g/mol. The number of ether oxygens (including phenoxy) is 1. The van der Waals surface area contributed by atoms with Crippen molar-refractivity contribution in [1.82, 2.24) is 10.1 Å². The number of benzene rings is 1. The average Bonchev–Trinajstić information content (AvgIpc) is 2.88. The minimum Gasteiger partial charge on any atom is -0.384 e. The predicted molar refractivity (Wildman–Crippen MR) is 72.5 cm³/mol. The molecule has 2 aromatic rings. The molecule has 1 aromatic carbocycles. The molecule has 0 aliphatic carbocycles. The highest BCUT2D eigenvalue weighted by Crippen LogP contribution is 2.27. The molecule has 102 valence electrons. The molecule has 0 radical (unpaired) electrons. The highest BCUT2D eigenvalue weighted by atomic mass is 16.5. The molecule has 0 unspecified atom stereocenters. The van der Waals surface area contributed by atoms with Crippen LogP contribution >= 0.6 is 0 Å². The molecule has 5 nitrogen and oxygen atoms in total. The van der Waals surface area contributed by atoms with Crippen molar-refractivity contribution in [3.8, 4) is 11.4 Å². The summed E-state index contributed by atoms with van der Waals surface area (Å²) >= 11 is 0. The number of nitrogens with two attached hydrogens (primary N) is 1. The van der Waals surface area contributed by atoms with Crippen molar-refractivity contribution in [3.05, 3.63) is 35.7 Å². The van der Waals surface area contributed by atoms with Crippen molar-refractivity contribution >= 4 is 0 Å². The zero-order valence-electron chi connectivity index (χ0n) is 11.5. The van der Waals surface area contributed by atoms with E-state index < -0.39 is 0 Å². The highest BCUT2D eigenvalue weighted by Gasteiger charge is 2.21. The van der Waals surface area contributed by atoms with Gasteiger partial charge >= 0.3 is 0 Å². The van der Waals surface area contributed by atoms with Crippen LogP contribution in [0, 0.1) is 0 Å². The molecule has 5 heteroatoms. The summed E-state index contributed by atoms with van der Waals surface area (Å²) in [6, 6.07) is 8.08. The summed E-state index contributed by atoms with van der Waals surface area (Å²) in [5, 5.41) is 3.93. The molecule has 19 heavy (non-hydrogen) atoms. The fourth-order valence-electron chi connectivity index (χ4n) is 1.98. The van der Waals surface area contributed by atoms with Gasteiger partial charge in [0.2, 0.25) is 11.7 Å². The predicted octanol–water partition coefficient (Wildman–Crippen LogP) is 2.12. The van der Waals surface area contributed by atoms with E-state index in [1.54, 1.807) is 7.11 Å². The van der Waals surface area contributed by atoms with Crippen LogP contribution in [0.4, 0.5) is 0 Å². The van der Waals surface area contributed by atoms with Crippen molar-refractivity contribution in [2.45, 2.75) is 25.8 Å². The van der Waals surface area contributed by atoms with Crippen molar-refractivity contribution < 1.29 is 9.26 Å². The second-order valence-electron chi connectivity index (χ2n) is 5.11. The van der Waals surface area contributed by atoms with Gasteiger partial charge < -0.3 is 15.0 Å². The number of hydrogen-bond acceptors (Lipinski definition) is 5. The second kappa shape index (κ2) is 5.50. The van der Waals surface area contributed by atoms with Gasteiger partial charge in [-0.05, 0) is 11.6 Å². The summed E-state index contributed by atoms with van der Waals surface area (Å²) in [7, 11) is 1.71. The molecule has 0 saturated heterocycles. The SMILES string of the molecule is COCC(C)(C)c1cccc(-c2noc(CN)n2)c1. The van der Waals surface area contributed by atoms with Crippen molar-refractivity contribution in [1.29, 1.82) is 0 Å². The molecule has 2 N–H and O–H groups in total. The fraction of sp³-hybridized carbons (Fsp3) is 0.429. The van der Waals surface area contributed by atoms with E-state index in [1.165, 1.54) is 5.56 Å². The van der Waals surface area contributed by atoms with Gasteiger partial charge in [-0.2, -0.15) is 4.98 Å². The van der Waals surface area contributed by atoms with E-state index in [1.807, 2.05) is 12.1 Å². The zero-order chi connectivity index (χ0) is 13.9. The molecule has 0 fully saturated rings. The van der Waals surface area contributed by atoms with Crippen LogP contribution in [0.3, 0.4) is 0 Å². The van der Waals surface area contributed by atoms with Crippen molar-refractivity contribution in [3.63, 3.8) is 0 Å². The van der Waals surface area contributed by atoms with E-state index in [-0.39, 0.29) is 12.0 Å². The third-order valence-corrected chi connectivity index (χ3v) is 3.05. The maximum absolute atomic E-state index is 5.47. The van der Waals surface area contributed by atoms with Crippen LogP contribution < -0.4 is 5.73 Å². The maximum atomic E-state index is 5.47. The standard InChI is InChI=1S/C14H19N3O2/c1-14(2,9-18-3)11-6-4-5-10(7-11)13-16-12(8-15)19-17-13/h4-7H,8-9,15H2,1-3H3. The normalized spacial score (nSPS) is 11.8. The molecule has 0 spiro atoms. The first-order valence-electron chi connectivity index (χ1n) is 6.19. The van der Waals surface area contributed by atoms with Crippen LogP contribution in [0.1, 0.15) is 25.3 Å². The lowest BCUT2D eigenvalue weighted by molar-refractivity contribution is 0.146. The molecule has 0 bridgehead atoms. The van der Waals surface area contributed by atoms with E-state index in [2.05, 4.69) is 36.1 Å². The van der Waals surface area contributed by atoms with Crippen LogP contribution in [-0.4, -0.2) is 23.9 Å². The van der Waals surface area contributed by atoms with Gasteiger partial charge in [0.05, 0.1) is 13.2 Å². The Morgan fingerprint density at radius 1 is 1.37 bits per heavy atom. The Balaban J connectivity index is 2.33. The molecule has 0 aliphatic heterocycles. The Labute approximate surface area is 112 Å². The molecule has 1 aromatic heterocycles. The number of nitrogens with zero attached hydrogens (tertiary/aromatic N) is 2. The third kappa shape index (κ3) is 3.00. The number of aromatic nitrogens is 2. The largest absolute Gasteiger partial charge is 0.384 e. The summed E-state index contributed by atoms with van der Waals surface area (Å²) < 4.78 is 10.3. The smallest absolute Gasteiger partial charge is 0.240 e. The topological polar surface area (TPSA) is 74.2 Å². The van der Waals surface area contributed by atoms with Gasteiger partial charge in [-0.25, -0.2) is 0 Å². The third-order valence-electron chi connectivity index (χ3n) is 3.05. The molecule has 0 aliphatic rings. The molecule has 1 heterocycles. The van der Waals surface area contributed by atoms with Gasteiger partial charge in [0.25, 0.3) is 0 Å². The van der Waals surface area contributed by atoms with Crippen LogP contribution in [0.15, 0.2) is 28.8 Å². The quantitative estimate of drug-likeness (QED) is 0.892. The van der Waals surface area contributed by atoms with Crippen molar-refractivity contribution in [2.75, 3.05) is 13.7 Å². The Hall–Kier alpha value is -1.72. The van der Waals surface area contributed by atoms with Crippen LogP contribution in [0.5, 0.6) is 0 Å². The second-order valence-corrected chi connectivity index (χ2v) is 5.11. The van der Waals surface area contributed by atoms with Gasteiger partial charge in [0.15, 0.2) is 0 Å². The Morgan fingerprint density at radius 3 is 2.79 bits per heavy atom. The zero-order valence-corrected chi connectivity index (χ0v) is 11.5. The Bertz CT molecular complexity index is 549. The maximum Gasteiger partial charge on any atom is 0.240 e. The monoisotopic (exact) mass is 261 g/mol. The summed E-state index contributed by atoms with van der Waals surface area (Å²) in [6.45, 7) is 5.17. The van der Waals surface area contributed by atoms with Gasteiger partial charge in [-0.15, -0.1) is 0 Å².